The Hall–Kier alpha value is -3.20. The fraction of sp³-hybridized carbons (Fsp3) is 0.500. The Morgan fingerprint density at radius 2 is 1.64 bits per heavy atom. The minimum atomic E-state index is -1.26. The summed E-state index contributed by atoms with van der Waals surface area (Å²) in [7, 11) is 0. The van der Waals surface area contributed by atoms with Gasteiger partial charge in [0.05, 0.1) is 17.5 Å². The van der Waals surface area contributed by atoms with Gasteiger partial charge in [-0.05, 0) is 31.5 Å². The van der Waals surface area contributed by atoms with Gasteiger partial charge in [0.15, 0.2) is 0 Å². The molecule has 1 aromatic heterocycles. The molecule has 0 amide bonds. The number of piperazine rings is 1. The molecule has 2 aromatic rings. The molecular weight excluding hydrogens is 424 g/mol. The predicted molar refractivity (Wildman–Crippen MR) is 128 cm³/mol. The van der Waals surface area contributed by atoms with Crippen LogP contribution in [0, 0.1) is 0 Å². The van der Waals surface area contributed by atoms with Gasteiger partial charge >= 0.3 is 11.9 Å². The van der Waals surface area contributed by atoms with Crippen molar-refractivity contribution in [3.63, 3.8) is 0 Å². The number of para-hydroxylation sites is 1. The quantitative estimate of drug-likeness (QED) is 0.408. The molecule has 9 heteroatoms. The lowest BCUT2D eigenvalue weighted by Gasteiger charge is -2.34. The van der Waals surface area contributed by atoms with Gasteiger partial charge in [-0.25, -0.2) is 14.6 Å². The van der Waals surface area contributed by atoms with Crippen molar-refractivity contribution in [1.82, 2.24) is 14.9 Å². The Morgan fingerprint density at radius 1 is 0.970 bits per heavy atom. The third kappa shape index (κ3) is 9.05. The van der Waals surface area contributed by atoms with E-state index in [2.05, 4.69) is 23.6 Å². The first-order valence-electron chi connectivity index (χ1n) is 11.4. The summed E-state index contributed by atoms with van der Waals surface area (Å²) in [4.78, 5) is 33.5. The number of anilines is 1. The molecule has 180 valence electrons. The van der Waals surface area contributed by atoms with Crippen molar-refractivity contribution in [2.75, 3.05) is 44.2 Å². The van der Waals surface area contributed by atoms with E-state index in [-0.39, 0.29) is 0 Å². The second kappa shape index (κ2) is 14.1. The van der Waals surface area contributed by atoms with Crippen molar-refractivity contribution >= 4 is 28.8 Å². The van der Waals surface area contributed by atoms with Crippen LogP contribution in [0.3, 0.4) is 0 Å². The Balaban J connectivity index is 0.000000414. The van der Waals surface area contributed by atoms with Gasteiger partial charge in [0.1, 0.15) is 0 Å². The second-order valence-electron chi connectivity index (χ2n) is 7.74. The van der Waals surface area contributed by atoms with E-state index in [4.69, 9.17) is 24.9 Å². The van der Waals surface area contributed by atoms with Crippen LogP contribution in [-0.2, 0) is 9.59 Å². The van der Waals surface area contributed by atoms with Crippen LogP contribution in [0.25, 0.3) is 10.9 Å². The molecule has 0 aliphatic carbocycles. The van der Waals surface area contributed by atoms with E-state index in [1.165, 1.54) is 25.8 Å². The molecule has 1 aliphatic rings. The van der Waals surface area contributed by atoms with E-state index in [0.717, 1.165) is 61.9 Å². The topological polar surface area (TPSA) is 116 Å². The Kier molecular flexibility index (Phi) is 11.1. The van der Waals surface area contributed by atoms with E-state index < -0.39 is 11.9 Å². The third-order valence-electron chi connectivity index (χ3n) is 5.11. The number of fused-ring (bicyclic) bond motifs is 1. The zero-order chi connectivity index (χ0) is 24.1. The van der Waals surface area contributed by atoms with Gasteiger partial charge in [0.2, 0.25) is 11.8 Å². The van der Waals surface area contributed by atoms with Gasteiger partial charge in [-0.1, -0.05) is 38.8 Å². The summed E-state index contributed by atoms with van der Waals surface area (Å²) in [6.07, 6.45) is 5.78. The summed E-state index contributed by atoms with van der Waals surface area (Å²) in [6.45, 7) is 10.5. The number of carboxylic acid groups (broad SMARTS) is 2. The number of unbranched alkanes of at least 4 members (excludes halogenated alkanes) is 2. The maximum Gasteiger partial charge on any atom is 0.328 e. The van der Waals surface area contributed by atoms with E-state index in [1.807, 2.05) is 24.3 Å². The standard InChI is InChI=1S/C20H30N4O.C4H4O4/c1-3-5-8-16-25-19-17-9-6-7-10-18(17)21-20(22-19)24-14-12-23(11-4-2)13-15-24;5-3(6)1-2-4(7)8/h6-7,9-10H,3-5,8,11-16H2,1-2H3;1-2H,(H,5,6)(H,7,8)/b;2-1-. The molecule has 0 radical (unpaired) electrons. The van der Waals surface area contributed by atoms with Crippen LogP contribution in [0.2, 0.25) is 0 Å². The largest absolute Gasteiger partial charge is 0.478 e. The first-order valence-corrected chi connectivity index (χ1v) is 11.4. The zero-order valence-electron chi connectivity index (χ0n) is 19.4. The number of hydrogen-bond donors (Lipinski definition) is 2. The van der Waals surface area contributed by atoms with Crippen LogP contribution >= 0.6 is 0 Å². The number of benzene rings is 1. The van der Waals surface area contributed by atoms with Crippen molar-refractivity contribution in [2.45, 2.75) is 39.5 Å². The van der Waals surface area contributed by atoms with Crippen LogP contribution in [0.5, 0.6) is 5.88 Å². The molecule has 3 rings (SSSR count). The molecule has 2 N–H and O–H groups in total. The lowest BCUT2D eigenvalue weighted by atomic mass is 10.2. The molecule has 0 bridgehead atoms. The minimum Gasteiger partial charge on any atom is -0.478 e. The molecule has 2 heterocycles. The first kappa shape index (κ1) is 26.1. The van der Waals surface area contributed by atoms with Crippen LogP contribution in [0.1, 0.15) is 39.5 Å². The molecule has 1 fully saturated rings. The number of nitrogens with zero attached hydrogens (tertiary/aromatic N) is 4. The molecule has 9 nitrogen and oxygen atoms in total. The van der Waals surface area contributed by atoms with Gasteiger partial charge < -0.3 is 19.8 Å². The van der Waals surface area contributed by atoms with Gasteiger partial charge in [0.25, 0.3) is 0 Å². The maximum atomic E-state index is 9.55. The average molecular weight is 459 g/mol. The van der Waals surface area contributed by atoms with Crippen LogP contribution in [-0.4, -0.2) is 76.4 Å². The van der Waals surface area contributed by atoms with Gasteiger partial charge in [-0.3, -0.25) is 4.90 Å². The lowest BCUT2D eigenvalue weighted by molar-refractivity contribution is -0.134. The summed E-state index contributed by atoms with van der Waals surface area (Å²) >= 11 is 0. The minimum absolute atomic E-state index is 0.558. The Labute approximate surface area is 194 Å². The summed E-state index contributed by atoms with van der Waals surface area (Å²) in [5.41, 5.74) is 0.967. The second-order valence-corrected chi connectivity index (χ2v) is 7.74. The van der Waals surface area contributed by atoms with Gasteiger partial charge in [-0.2, -0.15) is 4.98 Å². The van der Waals surface area contributed by atoms with Crippen molar-refractivity contribution in [2.24, 2.45) is 0 Å². The average Bonchev–Trinajstić information content (AvgIpc) is 2.81. The fourth-order valence-corrected chi connectivity index (χ4v) is 3.44. The number of carbonyl (C=O) groups is 2. The van der Waals surface area contributed by atoms with E-state index in [1.54, 1.807) is 0 Å². The highest BCUT2D eigenvalue weighted by atomic mass is 16.5. The van der Waals surface area contributed by atoms with Crippen LogP contribution in [0.15, 0.2) is 36.4 Å². The third-order valence-corrected chi connectivity index (χ3v) is 5.11. The summed E-state index contributed by atoms with van der Waals surface area (Å²) in [5, 5.41) is 16.6. The monoisotopic (exact) mass is 458 g/mol. The molecular formula is C24H34N4O5. The van der Waals surface area contributed by atoms with Gasteiger partial charge in [-0.15, -0.1) is 0 Å². The Morgan fingerprint density at radius 3 is 2.24 bits per heavy atom. The Bertz CT molecular complexity index is 910. The number of carboxylic acids is 2. The van der Waals surface area contributed by atoms with Crippen molar-refractivity contribution in [1.29, 1.82) is 0 Å². The highest BCUT2D eigenvalue weighted by molar-refractivity contribution is 5.89. The maximum absolute atomic E-state index is 9.55. The van der Waals surface area contributed by atoms with E-state index in [9.17, 15) is 9.59 Å². The van der Waals surface area contributed by atoms with Gasteiger partial charge in [0, 0.05) is 38.3 Å². The summed E-state index contributed by atoms with van der Waals surface area (Å²) < 4.78 is 6.02. The summed E-state index contributed by atoms with van der Waals surface area (Å²) in [5.74, 6) is -0.979. The highest BCUT2D eigenvalue weighted by Crippen LogP contribution is 2.26. The molecule has 1 aliphatic heterocycles. The number of rotatable bonds is 10. The van der Waals surface area contributed by atoms with E-state index in [0.29, 0.717) is 12.2 Å². The summed E-state index contributed by atoms with van der Waals surface area (Å²) in [6, 6.07) is 8.15. The molecule has 0 unspecified atom stereocenters. The highest BCUT2D eigenvalue weighted by Gasteiger charge is 2.20. The number of aliphatic carboxylic acids is 2. The van der Waals surface area contributed by atoms with Crippen LogP contribution < -0.4 is 9.64 Å². The van der Waals surface area contributed by atoms with Crippen LogP contribution in [0.4, 0.5) is 5.95 Å². The molecule has 0 saturated carbocycles. The normalized spacial score (nSPS) is 14.2. The lowest BCUT2D eigenvalue weighted by Crippen LogP contribution is -2.47. The smallest absolute Gasteiger partial charge is 0.328 e. The number of hydrogen-bond acceptors (Lipinski definition) is 7. The fourth-order valence-electron chi connectivity index (χ4n) is 3.44. The number of aromatic nitrogens is 2. The molecule has 0 spiro atoms. The van der Waals surface area contributed by atoms with E-state index >= 15 is 0 Å². The first-order chi connectivity index (χ1) is 15.9. The molecule has 1 saturated heterocycles. The predicted octanol–water partition coefficient (Wildman–Crippen LogP) is 3.44. The SMILES string of the molecule is CCCCCOc1nc(N2CCN(CCC)CC2)nc2ccccc12.O=C(O)/C=C\C(=O)O. The van der Waals surface area contributed by atoms with Crippen molar-refractivity contribution in [3.05, 3.63) is 36.4 Å². The molecule has 0 atom stereocenters. The van der Waals surface area contributed by atoms with Crippen molar-refractivity contribution in [3.8, 4) is 5.88 Å². The molecule has 33 heavy (non-hydrogen) atoms. The zero-order valence-corrected chi connectivity index (χ0v) is 19.4. The molecule has 1 aromatic carbocycles. The number of ether oxygens (including phenoxy) is 1. The van der Waals surface area contributed by atoms with Crippen molar-refractivity contribution < 1.29 is 24.5 Å².